The molecule has 1 atom stereocenters. The molecule has 3 rings (SSSR count). The van der Waals surface area contributed by atoms with Gasteiger partial charge in [0.15, 0.2) is 0 Å². The monoisotopic (exact) mass is 284 g/mol. The second-order valence-corrected chi connectivity index (χ2v) is 4.85. The summed E-state index contributed by atoms with van der Waals surface area (Å²) in [6.07, 6.45) is -0.942. The van der Waals surface area contributed by atoms with E-state index >= 15 is 0 Å². The van der Waals surface area contributed by atoms with Gasteiger partial charge in [0, 0.05) is 0 Å². The highest BCUT2D eigenvalue weighted by Gasteiger charge is 2.19. The molecule has 0 saturated heterocycles. The molecule has 1 N–H and O–H groups in total. The summed E-state index contributed by atoms with van der Waals surface area (Å²) in [7, 11) is 0. The maximum atomic E-state index is 13.4. The van der Waals surface area contributed by atoms with Gasteiger partial charge in [0.05, 0.1) is 10.9 Å². The van der Waals surface area contributed by atoms with E-state index in [1.807, 2.05) is 6.07 Å². The number of fused-ring (bicyclic) bond motifs is 1. The minimum absolute atomic E-state index is 0.165. The molecule has 2 aromatic carbocycles. The zero-order valence-corrected chi connectivity index (χ0v) is 11.3. The van der Waals surface area contributed by atoms with Crippen LogP contribution in [0.5, 0.6) is 0 Å². The highest BCUT2D eigenvalue weighted by atomic mass is 19.1. The van der Waals surface area contributed by atoms with Crippen LogP contribution in [-0.2, 0) is 0 Å². The van der Waals surface area contributed by atoms with Gasteiger partial charge in [-0.05, 0) is 30.7 Å². The van der Waals surface area contributed by atoms with Crippen molar-refractivity contribution in [2.24, 2.45) is 0 Å². The predicted octanol–water partition coefficient (Wildman–Crippen LogP) is 3.65. The normalized spacial score (nSPS) is 12.5. The van der Waals surface area contributed by atoms with Gasteiger partial charge in [-0.15, -0.1) is 0 Å². The summed E-state index contributed by atoms with van der Waals surface area (Å²) >= 11 is 0. The standard InChI is InChI=1S/C17H13FO3/c1-10(19)17-15(11-5-3-2-4-6-11)16(20)13-9-12(18)7-8-14(13)21-17/h2-10,19H,1H3. The smallest absolute Gasteiger partial charge is 0.200 e. The summed E-state index contributed by atoms with van der Waals surface area (Å²) in [6.45, 7) is 1.53. The molecule has 0 radical (unpaired) electrons. The highest BCUT2D eigenvalue weighted by Crippen LogP contribution is 2.28. The summed E-state index contributed by atoms with van der Waals surface area (Å²) in [5.41, 5.74) is 0.812. The van der Waals surface area contributed by atoms with Gasteiger partial charge in [-0.1, -0.05) is 30.3 Å². The van der Waals surface area contributed by atoms with Crippen molar-refractivity contribution < 1.29 is 13.9 Å². The van der Waals surface area contributed by atoms with Crippen LogP contribution in [0.2, 0.25) is 0 Å². The van der Waals surface area contributed by atoms with E-state index in [1.54, 1.807) is 24.3 Å². The molecule has 0 aliphatic rings. The van der Waals surface area contributed by atoms with Gasteiger partial charge in [0.1, 0.15) is 23.3 Å². The third-order valence-corrected chi connectivity index (χ3v) is 3.32. The molecule has 21 heavy (non-hydrogen) atoms. The lowest BCUT2D eigenvalue weighted by molar-refractivity contribution is 0.171. The molecule has 0 bridgehead atoms. The minimum atomic E-state index is -0.942. The number of rotatable bonds is 2. The largest absolute Gasteiger partial charge is 0.457 e. The predicted molar refractivity (Wildman–Crippen MR) is 78.5 cm³/mol. The van der Waals surface area contributed by atoms with Gasteiger partial charge in [0.2, 0.25) is 5.43 Å². The maximum Gasteiger partial charge on any atom is 0.200 e. The molecule has 1 heterocycles. The maximum absolute atomic E-state index is 13.4. The van der Waals surface area contributed by atoms with E-state index in [0.29, 0.717) is 5.56 Å². The number of aliphatic hydroxyl groups is 1. The van der Waals surface area contributed by atoms with Gasteiger partial charge >= 0.3 is 0 Å². The summed E-state index contributed by atoms with van der Waals surface area (Å²) in [5, 5.41) is 10.1. The van der Waals surface area contributed by atoms with Gasteiger partial charge in [-0.2, -0.15) is 0 Å². The molecule has 3 aromatic rings. The van der Waals surface area contributed by atoms with Crippen molar-refractivity contribution in [2.45, 2.75) is 13.0 Å². The van der Waals surface area contributed by atoms with Crippen LogP contribution < -0.4 is 5.43 Å². The average Bonchev–Trinajstić information content (AvgIpc) is 2.48. The third-order valence-electron chi connectivity index (χ3n) is 3.32. The first kappa shape index (κ1) is 13.5. The van der Waals surface area contributed by atoms with Crippen molar-refractivity contribution in [3.63, 3.8) is 0 Å². The Morgan fingerprint density at radius 1 is 1.14 bits per heavy atom. The Balaban J connectivity index is 2.43. The van der Waals surface area contributed by atoms with Gasteiger partial charge in [-0.25, -0.2) is 4.39 Å². The summed E-state index contributed by atoms with van der Waals surface area (Å²) in [4.78, 5) is 12.7. The third kappa shape index (κ3) is 2.34. The van der Waals surface area contributed by atoms with E-state index in [-0.39, 0.29) is 27.7 Å². The molecular weight excluding hydrogens is 271 g/mol. The molecule has 3 nitrogen and oxygen atoms in total. The van der Waals surface area contributed by atoms with Gasteiger partial charge in [0.25, 0.3) is 0 Å². The lowest BCUT2D eigenvalue weighted by Crippen LogP contribution is -2.11. The molecular formula is C17H13FO3. The van der Waals surface area contributed by atoms with Crippen LogP contribution in [0.25, 0.3) is 22.1 Å². The lowest BCUT2D eigenvalue weighted by Gasteiger charge is -2.12. The van der Waals surface area contributed by atoms with Crippen LogP contribution in [-0.4, -0.2) is 5.11 Å². The molecule has 1 aromatic heterocycles. The summed E-state index contributed by atoms with van der Waals surface area (Å²) in [5.74, 6) is -0.316. The molecule has 0 spiro atoms. The van der Waals surface area contributed by atoms with Gasteiger partial charge < -0.3 is 9.52 Å². The SMILES string of the molecule is CC(O)c1oc2ccc(F)cc2c(=O)c1-c1ccccc1. The number of hydrogen-bond donors (Lipinski definition) is 1. The Morgan fingerprint density at radius 2 is 1.86 bits per heavy atom. The fourth-order valence-electron chi connectivity index (χ4n) is 2.36. The molecule has 0 aliphatic carbocycles. The number of benzene rings is 2. The second kappa shape index (κ2) is 5.14. The highest BCUT2D eigenvalue weighted by molar-refractivity contribution is 5.83. The van der Waals surface area contributed by atoms with E-state index in [1.165, 1.54) is 19.1 Å². The van der Waals surface area contributed by atoms with Crippen LogP contribution >= 0.6 is 0 Å². The Bertz CT molecular complexity index is 851. The van der Waals surface area contributed by atoms with Crippen LogP contribution in [0.15, 0.2) is 57.7 Å². The molecule has 0 amide bonds. The fraction of sp³-hybridized carbons (Fsp3) is 0.118. The van der Waals surface area contributed by atoms with Crippen molar-refractivity contribution in [3.8, 4) is 11.1 Å². The molecule has 0 aliphatic heterocycles. The Morgan fingerprint density at radius 3 is 2.52 bits per heavy atom. The van der Waals surface area contributed by atoms with E-state index < -0.39 is 11.9 Å². The molecule has 4 heteroatoms. The zero-order chi connectivity index (χ0) is 15.0. The lowest BCUT2D eigenvalue weighted by atomic mass is 10.00. The quantitative estimate of drug-likeness (QED) is 0.781. The van der Waals surface area contributed by atoms with E-state index in [0.717, 1.165) is 6.07 Å². The van der Waals surface area contributed by atoms with Crippen molar-refractivity contribution in [1.29, 1.82) is 0 Å². The first-order valence-corrected chi connectivity index (χ1v) is 6.57. The van der Waals surface area contributed by atoms with E-state index in [4.69, 9.17) is 4.42 Å². The Labute approximate surface area is 120 Å². The number of hydrogen-bond acceptors (Lipinski definition) is 3. The van der Waals surface area contributed by atoms with Crippen molar-refractivity contribution in [2.75, 3.05) is 0 Å². The van der Waals surface area contributed by atoms with E-state index in [2.05, 4.69) is 0 Å². The zero-order valence-electron chi connectivity index (χ0n) is 11.3. The fourth-order valence-corrected chi connectivity index (χ4v) is 2.36. The minimum Gasteiger partial charge on any atom is -0.457 e. The number of halogens is 1. The topological polar surface area (TPSA) is 50.4 Å². The van der Waals surface area contributed by atoms with Crippen LogP contribution in [0.3, 0.4) is 0 Å². The molecule has 1 unspecified atom stereocenters. The number of aliphatic hydroxyl groups excluding tert-OH is 1. The molecule has 0 fully saturated rings. The van der Waals surface area contributed by atoms with Crippen molar-refractivity contribution >= 4 is 11.0 Å². The Kier molecular flexibility index (Phi) is 3.31. The summed E-state index contributed by atoms with van der Waals surface area (Å²) < 4.78 is 19.0. The Hall–Kier alpha value is -2.46. The van der Waals surface area contributed by atoms with E-state index in [9.17, 15) is 14.3 Å². The van der Waals surface area contributed by atoms with Crippen LogP contribution in [0, 0.1) is 5.82 Å². The second-order valence-electron chi connectivity index (χ2n) is 4.85. The van der Waals surface area contributed by atoms with Crippen molar-refractivity contribution in [1.82, 2.24) is 0 Å². The van der Waals surface area contributed by atoms with Crippen LogP contribution in [0.1, 0.15) is 18.8 Å². The van der Waals surface area contributed by atoms with Crippen molar-refractivity contribution in [3.05, 3.63) is 70.3 Å². The summed E-state index contributed by atoms with van der Waals surface area (Å²) in [6, 6.07) is 12.7. The van der Waals surface area contributed by atoms with Gasteiger partial charge in [-0.3, -0.25) is 4.79 Å². The van der Waals surface area contributed by atoms with Crippen LogP contribution in [0.4, 0.5) is 4.39 Å². The molecule has 106 valence electrons. The first-order valence-electron chi connectivity index (χ1n) is 6.57. The first-order chi connectivity index (χ1) is 10.1. The molecule has 0 saturated carbocycles. The average molecular weight is 284 g/mol.